The van der Waals surface area contributed by atoms with Crippen molar-refractivity contribution in [3.05, 3.63) is 12.7 Å². The molecule has 1 saturated heterocycles. The molecular weight excluding hydrogens is 174 g/mol. The number of carbonyl (C=O) groups is 1. The lowest BCUT2D eigenvalue weighted by Crippen LogP contribution is -2.50. The fourth-order valence-electron chi connectivity index (χ4n) is 3.01. The van der Waals surface area contributed by atoms with Gasteiger partial charge in [0.05, 0.1) is 5.54 Å². The number of hydrogen-bond donors (Lipinski definition) is 0. The quantitative estimate of drug-likeness (QED) is 0.640. The van der Waals surface area contributed by atoms with Gasteiger partial charge in [-0.25, -0.2) is 0 Å². The molecule has 1 aliphatic carbocycles. The van der Waals surface area contributed by atoms with Gasteiger partial charge in [0, 0.05) is 0 Å². The fraction of sp³-hybridized carbons (Fsp3) is 0.750. The summed E-state index contributed by atoms with van der Waals surface area (Å²) in [5.74, 6) is 0.261. The first-order chi connectivity index (χ1) is 6.79. The highest BCUT2D eigenvalue weighted by atomic mass is 16.1. The van der Waals surface area contributed by atoms with Gasteiger partial charge in [-0.3, -0.25) is 9.69 Å². The van der Waals surface area contributed by atoms with Crippen LogP contribution in [-0.4, -0.2) is 29.3 Å². The van der Waals surface area contributed by atoms with Crippen molar-refractivity contribution in [2.45, 2.75) is 44.1 Å². The monoisotopic (exact) mass is 193 g/mol. The molecule has 2 rings (SSSR count). The number of nitrogens with zero attached hydrogens (tertiary/aromatic N) is 1. The maximum atomic E-state index is 12.0. The Kier molecular flexibility index (Phi) is 2.73. The summed E-state index contributed by atoms with van der Waals surface area (Å²) in [4.78, 5) is 14.4. The summed E-state index contributed by atoms with van der Waals surface area (Å²) in [6.07, 6.45) is 8.56. The van der Waals surface area contributed by atoms with Crippen LogP contribution in [0.3, 0.4) is 0 Å². The zero-order valence-electron chi connectivity index (χ0n) is 8.80. The minimum atomic E-state index is -0.141. The highest BCUT2D eigenvalue weighted by molar-refractivity contribution is 5.97. The number of rotatable bonds is 3. The van der Waals surface area contributed by atoms with Gasteiger partial charge in [0.1, 0.15) is 0 Å². The second-order valence-electron chi connectivity index (χ2n) is 4.50. The van der Waals surface area contributed by atoms with Crippen LogP contribution in [0.5, 0.6) is 0 Å². The third kappa shape index (κ3) is 1.42. The van der Waals surface area contributed by atoms with Crippen molar-refractivity contribution in [1.82, 2.24) is 4.90 Å². The smallest absolute Gasteiger partial charge is 0.175 e. The second kappa shape index (κ2) is 3.85. The van der Waals surface area contributed by atoms with Crippen LogP contribution in [0.15, 0.2) is 12.7 Å². The summed E-state index contributed by atoms with van der Waals surface area (Å²) in [6.45, 7) is 5.87. The minimum absolute atomic E-state index is 0.141. The highest BCUT2D eigenvalue weighted by Gasteiger charge is 2.44. The van der Waals surface area contributed by atoms with Crippen molar-refractivity contribution < 1.29 is 4.79 Å². The van der Waals surface area contributed by atoms with Crippen LogP contribution >= 0.6 is 0 Å². The van der Waals surface area contributed by atoms with Gasteiger partial charge in [-0.05, 0) is 44.8 Å². The van der Waals surface area contributed by atoms with Crippen molar-refractivity contribution >= 4 is 5.78 Å². The zero-order chi connectivity index (χ0) is 10.0. The van der Waals surface area contributed by atoms with E-state index in [0.29, 0.717) is 0 Å². The molecule has 0 aromatic rings. The normalized spacial score (nSPS) is 26.6. The van der Waals surface area contributed by atoms with Gasteiger partial charge >= 0.3 is 0 Å². The lowest BCUT2D eigenvalue weighted by atomic mass is 9.90. The molecule has 2 fully saturated rings. The summed E-state index contributed by atoms with van der Waals surface area (Å²) in [5.41, 5.74) is -0.141. The van der Waals surface area contributed by atoms with Gasteiger partial charge < -0.3 is 0 Å². The average Bonchev–Trinajstić information content (AvgIpc) is 2.86. The van der Waals surface area contributed by atoms with E-state index in [-0.39, 0.29) is 11.3 Å². The third-order valence-corrected chi connectivity index (χ3v) is 3.79. The number of hydrogen-bond acceptors (Lipinski definition) is 2. The second-order valence-corrected chi connectivity index (χ2v) is 4.50. The molecular formula is C12H19NO. The van der Waals surface area contributed by atoms with E-state index in [2.05, 4.69) is 11.5 Å². The molecule has 1 aliphatic heterocycles. The maximum absolute atomic E-state index is 12.0. The number of carbonyl (C=O) groups excluding carboxylic acids is 1. The Morgan fingerprint density at radius 2 is 1.71 bits per heavy atom. The Labute approximate surface area is 86.0 Å². The van der Waals surface area contributed by atoms with Gasteiger partial charge in [-0.15, -0.1) is 0 Å². The molecule has 0 spiro atoms. The molecule has 0 bridgehead atoms. The Balaban J connectivity index is 2.20. The van der Waals surface area contributed by atoms with Crippen LogP contribution < -0.4 is 0 Å². The molecule has 0 aromatic heterocycles. The zero-order valence-corrected chi connectivity index (χ0v) is 8.80. The fourth-order valence-corrected chi connectivity index (χ4v) is 3.01. The molecule has 0 unspecified atom stereocenters. The highest BCUT2D eigenvalue weighted by Crippen LogP contribution is 2.38. The Bertz CT molecular complexity index is 235. The van der Waals surface area contributed by atoms with E-state index in [0.717, 1.165) is 25.9 Å². The van der Waals surface area contributed by atoms with E-state index in [9.17, 15) is 4.79 Å². The van der Waals surface area contributed by atoms with Crippen molar-refractivity contribution in [3.8, 4) is 0 Å². The average molecular weight is 193 g/mol. The molecule has 78 valence electrons. The number of likely N-dealkylation sites (tertiary alicyclic amines) is 1. The van der Waals surface area contributed by atoms with Crippen molar-refractivity contribution in [1.29, 1.82) is 0 Å². The maximum Gasteiger partial charge on any atom is 0.175 e. The Morgan fingerprint density at radius 1 is 1.14 bits per heavy atom. The largest absolute Gasteiger partial charge is 0.293 e. The van der Waals surface area contributed by atoms with Crippen molar-refractivity contribution in [3.63, 3.8) is 0 Å². The predicted molar refractivity (Wildman–Crippen MR) is 57.2 cm³/mol. The minimum Gasteiger partial charge on any atom is -0.293 e. The van der Waals surface area contributed by atoms with E-state index in [1.807, 2.05) is 0 Å². The molecule has 1 heterocycles. The van der Waals surface area contributed by atoms with Crippen LogP contribution in [0.1, 0.15) is 38.5 Å². The van der Waals surface area contributed by atoms with Crippen LogP contribution in [-0.2, 0) is 4.79 Å². The lowest BCUT2D eigenvalue weighted by molar-refractivity contribution is -0.125. The first-order valence-electron chi connectivity index (χ1n) is 5.71. The first kappa shape index (κ1) is 9.91. The van der Waals surface area contributed by atoms with E-state index in [4.69, 9.17) is 0 Å². The standard InChI is InChI=1S/C12H19NO/c1-2-11(14)12(7-3-4-8-12)13-9-5-6-10-13/h2H,1,3-10H2. The summed E-state index contributed by atoms with van der Waals surface area (Å²) in [7, 11) is 0. The van der Waals surface area contributed by atoms with E-state index in [1.54, 1.807) is 0 Å². The molecule has 0 atom stereocenters. The molecule has 2 heteroatoms. The summed E-state index contributed by atoms with van der Waals surface area (Å²) in [6, 6.07) is 0. The van der Waals surface area contributed by atoms with E-state index >= 15 is 0 Å². The first-order valence-corrected chi connectivity index (χ1v) is 5.71. The summed E-state index contributed by atoms with van der Waals surface area (Å²) in [5, 5.41) is 0. The molecule has 0 N–H and O–H groups in total. The third-order valence-electron chi connectivity index (χ3n) is 3.79. The SMILES string of the molecule is C=CC(=O)C1(N2CCCC2)CCCC1. The lowest BCUT2D eigenvalue weighted by Gasteiger charge is -2.36. The van der Waals surface area contributed by atoms with E-state index < -0.39 is 0 Å². The van der Waals surface area contributed by atoms with Gasteiger partial charge in [-0.2, -0.15) is 0 Å². The molecule has 0 radical (unpaired) electrons. The topological polar surface area (TPSA) is 20.3 Å². The molecule has 14 heavy (non-hydrogen) atoms. The van der Waals surface area contributed by atoms with Crippen molar-refractivity contribution in [2.75, 3.05) is 13.1 Å². The molecule has 1 saturated carbocycles. The van der Waals surface area contributed by atoms with Gasteiger partial charge in [-0.1, -0.05) is 19.4 Å². The van der Waals surface area contributed by atoms with Crippen LogP contribution in [0, 0.1) is 0 Å². The van der Waals surface area contributed by atoms with E-state index in [1.165, 1.54) is 31.8 Å². The van der Waals surface area contributed by atoms with Gasteiger partial charge in [0.25, 0.3) is 0 Å². The molecule has 2 aliphatic rings. The Morgan fingerprint density at radius 3 is 2.21 bits per heavy atom. The summed E-state index contributed by atoms with van der Waals surface area (Å²) < 4.78 is 0. The van der Waals surface area contributed by atoms with Crippen LogP contribution in [0.25, 0.3) is 0 Å². The Hall–Kier alpha value is -0.630. The van der Waals surface area contributed by atoms with Crippen LogP contribution in [0.2, 0.25) is 0 Å². The molecule has 2 nitrogen and oxygen atoms in total. The van der Waals surface area contributed by atoms with Gasteiger partial charge in [0.15, 0.2) is 5.78 Å². The van der Waals surface area contributed by atoms with Crippen LogP contribution in [0.4, 0.5) is 0 Å². The molecule has 0 amide bonds. The van der Waals surface area contributed by atoms with Crippen molar-refractivity contribution in [2.24, 2.45) is 0 Å². The predicted octanol–water partition coefficient (Wildman–Crippen LogP) is 2.15. The summed E-state index contributed by atoms with van der Waals surface area (Å²) >= 11 is 0. The number of ketones is 1. The van der Waals surface area contributed by atoms with Gasteiger partial charge in [0.2, 0.25) is 0 Å². The molecule has 0 aromatic carbocycles.